The molecule has 0 radical (unpaired) electrons. The fourth-order valence-corrected chi connectivity index (χ4v) is 6.52. The van der Waals surface area contributed by atoms with E-state index in [0.29, 0.717) is 5.41 Å². The number of carbonyl (C=O) groups excluding carboxylic acids is 1. The first-order chi connectivity index (χ1) is 11.3. The highest BCUT2D eigenvalue weighted by Gasteiger charge is 2.57. The van der Waals surface area contributed by atoms with E-state index in [4.69, 9.17) is 0 Å². The maximum Gasteiger partial charge on any atom is 0.319 e. The van der Waals surface area contributed by atoms with Gasteiger partial charge in [-0.25, -0.2) is 4.79 Å². The highest BCUT2D eigenvalue weighted by atomic mass is 16.2. The van der Waals surface area contributed by atoms with Crippen LogP contribution < -0.4 is 10.6 Å². The van der Waals surface area contributed by atoms with Crippen molar-refractivity contribution in [1.82, 2.24) is 5.32 Å². The fourth-order valence-electron chi connectivity index (χ4n) is 6.52. The van der Waals surface area contributed by atoms with Gasteiger partial charge in [0, 0.05) is 11.2 Å². The SMILES string of the molecule is CC(C)(C)C1C2CC3CC1CC(NC(=O)Nc1ccccc1)(C3)C2. The Morgan fingerprint density at radius 1 is 1.04 bits per heavy atom. The van der Waals surface area contributed by atoms with E-state index in [1.165, 1.54) is 32.1 Å². The van der Waals surface area contributed by atoms with E-state index in [1.54, 1.807) is 0 Å². The van der Waals surface area contributed by atoms with Crippen LogP contribution >= 0.6 is 0 Å². The summed E-state index contributed by atoms with van der Waals surface area (Å²) in [6.45, 7) is 7.21. The van der Waals surface area contributed by atoms with Gasteiger partial charge >= 0.3 is 6.03 Å². The Hall–Kier alpha value is -1.51. The zero-order valence-corrected chi connectivity index (χ0v) is 15.1. The average Bonchev–Trinajstić information content (AvgIpc) is 2.44. The summed E-state index contributed by atoms with van der Waals surface area (Å²) < 4.78 is 0. The van der Waals surface area contributed by atoms with Gasteiger partial charge in [0.15, 0.2) is 0 Å². The number of benzene rings is 1. The Morgan fingerprint density at radius 2 is 1.67 bits per heavy atom. The first kappa shape index (κ1) is 16.0. The lowest BCUT2D eigenvalue weighted by atomic mass is 9.45. The van der Waals surface area contributed by atoms with Crippen LogP contribution in [0, 0.1) is 29.1 Å². The van der Waals surface area contributed by atoms with Crippen LogP contribution in [0.3, 0.4) is 0 Å². The zero-order valence-electron chi connectivity index (χ0n) is 15.1. The molecule has 0 saturated heterocycles. The Labute approximate surface area is 145 Å². The van der Waals surface area contributed by atoms with E-state index in [9.17, 15) is 4.79 Å². The van der Waals surface area contributed by atoms with E-state index in [0.717, 1.165) is 29.4 Å². The van der Waals surface area contributed by atoms with Crippen molar-refractivity contribution in [2.24, 2.45) is 29.1 Å². The van der Waals surface area contributed by atoms with E-state index in [1.807, 2.05) is 30.3 Å². The Morgan fingerprint density at radius 3 is 2.25 bits per heavy atom. The predicted octanol–water partition coefficient (Wildman–Crippen LogP) is 5.05. The van der Waals surface area contributed by atoms with E-state index < -0.39 is 0 Å². The second-order valence-electron chi connectivity index (χ2n) is 9.59. The Bertz CT molecular complexity index is 602. The molecule has 4 saturated carbocycles. The molecule has 4 aliphatic carbocycles. The molecular formula is C21H30N2O. The minimum absolute atomic E-state index is 0.0320. The molecule has 0 aliphatic heterocycles. The molecule has 5 rings (SSSR count). The summed E-state index contributed by atoms with van der Waals surface area (Å²) in [4.78, 5) is 12.6. The van der Waals surface area contributed by atoms with Crippen molar-refractivity contribution in [3.8, 4) is 0 Å². The Balaban J connectivity index is 1.48. The van der Waals surface area contributed by atoms with Crippen LogP contribution in [-0.4, -0.2) is 11.6 Å². The van der Waals surface area contributed by atoms with Crippen LogP contribution in [0.4, 0.5) is 10.5 Å². The normalized spacial score (nSPS) is 37.3. The first-order valence-electron chi connectivity index (χ1n) is 9.49. The topological polar surface area (TPSA) is 41.1 Å². The lowest BCUT2D eigenvalue weighted by Gasteiger charge is -2.62. The standard InChI is InChI=1S/C21H30N2O/c1-20(2,3)18-15-9-14-10-16(18)13-21(11-14,12-15)23-19(24)22-17-7-5-4-6-8-17/h4-8,14-16,18H,9-13H2,1-3H3,(H2,22,23,24). The van der Waals surface area contributed by atoms with E-state index in [2.05, 4.69) is 31.4 Å². The summed E-state index contributed by atoms with van der Waals surface area (Å²) in [7, 11) is 0. The summed E-state index contributed by atoms with van der Waals surface area (Å²) >= 11 is 0. The van der Waals surface area contributed by atoms with Gasteiger partial charge < -0.3 is 10.6 Å². The van der Waals surface area contributed by atoms with Crippen molar-refractivity contribution in [3.63, 3.8) is 0 Å². The highest BCUT2D eigenvalue weighted by molar-refractivity contribution is 5.89. The molecule has 4 fully saturated rings. The van der Waals surface area contributed by atoms with Gasteiger partial charge in [-0.1, -0.05) is 39.0 Å². The summed E-state index contributed by atoms with van der Waals surface area (Å²) in [6.07, 6.45) is 6.28. The molecule has 0 spiro atoms. The molecule has 2 atom stereocenters. The molecule has 3 heteroatoms. The van der Waals surface area contributed by atoms with Gasteiger partial charge in [0.1, 0.15) is 0 Å². The Kier molecular flexibility index (Phi) is 3.67. The summed E-state index contributed by atoms with van der Waals surface area (Å²) in [5.41, 5.74) is 1.29. The molecular weight excluding hydrogens is 296 g/mol. The highest BCUT2D eigenvalue weighted by Crippen LogP contribution is 2.62. The molecule has 130 valence electrons. The molecule has 2 unspecified atom stereocenters. The van der Waals surface area contributed by atoms with Gasteiger partial charge in [-0.05, 0) is 73.3 Å². The minimum Gasteiger partial charge on any atom is -0.332 e. The van der Waals surface area contributed by atoms with Gasteiger partial charge in [0.2, 0.25) is 0 Å². The lowest BCUT2D eigenvalue weighted by Crippen LogP contribution is -2.64. The maximum atomic E-state index is 12.6. The van der Waals surface area contributed by atoms with Crippen LogP contribution in [-0.2, 0) is 0 Å². The number of amides is 2. The second kappa shape index (κ2) is 5.50. The largest absolute Gasteiger partial charge is 0.332 e. The number of hydrogen-bond donors (Lipinski definition) is 2. The monoisotopic (exact) mass is 326 g/mol. The van der Waals surface area contributed by atoms with Gasteiger partial charge in [0.25, 0.3) is 0 Å². The molecule has 1 aromatic rings. The van der Waals surface area contributed by atoms with Crippen molar-refractivity contribution in [3.05, 3.63) is 30.3 Å². The number of hydrogen-bond acceptors (Lipinski definition) is 1. The molecule has 4 aliphatic rings. The smallest absolute Gasteiger partial charge is 0.319 e. The first-order valence-corrected chi connectivity index (χ1v) is 9.49. The van der Waals surface area contributed by atoms with Gasteiger partial charge in [0.05, 0.1) is 0 Å². The average molecular weight is 326 g/mol. The van der Waals surface area contributed by atoms with Crippen molar-refractivity contribution in [2.45, 2.75) is 58.4 Å². The van der Waals surface area contributed by atoms with Gasteiger partial charge in [-0.2, -0.15) is 0 Å². The lowest BCUT2D eigenvalue weighted by molar-refractivity contribution is -0.0992. The molecule has 0 heterocycles. The van der Waals surface area contributed by atoms with Crippen molar-refractivity contribution in [1.29, 1.82) is 0 Å². The van der Waals surface area contributed by atoms with Crippen LogP contribution in [0.25, 0.3) is 0 Å². The van der Waals surface area contributed by atoms with Crippen molar-refractivity contribution in [2.75, 3.05) is 5.32 Å². The van der Waals surface area contributed by atoms with Crippen molar-refractivity contribution < 1.29 is 4.79 Å². The second-order valence-corrected chi connectivity index (χ2v) is 9.59. The van der Waals surface area contributed by atoms with Crippen molar-refractivity contribution >= 4 is 11.7 Å². The molecule has 1 aromatic carbocycles. The van der Waals surface area contributed by atoms with E-state index >= 15 is 0 Å². The number of anilines is 1. The third-order valence-corrected chi connectivity index (χ3v) is 6.68. The summed E-state index contributed by atoms with van der Waals surface area (Å²) in [5.74, 6) is 3.21. The van der Waals surface area contributed by atoms with E-state index in [-0.39, 0.29) is 11.6 Å². The van der Waals surface area contributed by atoms with Gasteiger partial charge in [-0.15, -0.1) is 0 Å². The number of carbonyl (C=O) groups is 1. The zero-order chi connectivity index (χ0) is 16.9. The van der Waals surface area contributed by atoms with Crippen LogP contribution in [0.15, 0.2) is 30.3 Å². The third-order valence-electron chi connectivity index (χ3n) is 6.68. The molecule has 2 N–H and O–H groups in total. The third kappa shape index (κ3) is 2.82. The number of para-hydroxylation sites is 1. The maximum absolute atomic E-state index is 12.6. The van der Waals surface area contributed by atoms with Gasteiger partial charge in [-0.3, -0.25) is 0 Å². The number of urea groups is 1. The number of rotatable bonds is 2. The number of nitrogens with one attached hydrogen (secondary N) is 2. The molecule has 0 aromatic heterocycles. The van der Waals surface area contributed by atoms with Crippen LogP contribution in [0.1, 0.15) is 52.9 Å². The van der Waals surface area contributed by atoms with Crippen LogP contribution in [0.2, 0.25) is 0 Å². The minimum atomic E-state index is -0.0320. The summed E-state index contributed by atoms with van der Waals surface area (Å²) in [6, 6.07) is 9.72. The molecule has 3 nitrogen and oxygen atoms in total. The fraction of sp³-hybridized carbons (Fsp3) is 0.667. The van der Waals surface area contributed by atoms with Crippen LogP contribution in [0.5, 0.6) is 0 Å². The molecule has 2 amide bonds. The predicted molar refractivity (Wildman–Crippen MR) is 97.8 cm³/mol. The molecule has 24 heavy (non-hydrogen) atoms. The summed E-state index contributed by atoms with van der Waals surface area (Å²) in [5, 5.41) is 6.40. The quantitative estimate of drug-likeness (QED) is 0.784. The molecule has 4 bridgehead atoms.